The van der Waals surface area contributed by atoms with E-state index in [1.165, 1.54) is 204 Å². The van der Waals surface area contributed by atoms with Gasteiger partial charge in [-0.15, -0.1) is 0 Å². The highest BCUT2D eigenvalue weighted by molar-refractivity contribution is 6.18. The molecule has 2 aliphatic carbocycles. The van der Waals surface area contributed by atoms with Crippen LogP contribution in [0.3, 0.4) is 0 Å². The Morgan fingerprint density at radius 1 is 0.151 bits per heavy atom. The van der Waals surface area contributed by atoms with Crippen molar-refractivity contribution in [3.63, 3.8) is 0 Å². The molecule has 27 aromatic rings. The molecule has 2 atom stereocenters. The average molecular weight is 1860 g/mol. The van der Waals surface area contributed by atoms with E-state index in [4.69, 9.17) is 0 Å². The molecule has 4 aliphatic rings. The van der Waals surface area contributed by atoms with Gasteiger partial charge in [0.25, 0.3) is 0 Å². The van der Waals surface area contributed by atoms with Crippen molar-refractivity contribution < 1.29 is 0 Å². The Balaban J connectivity index is 0.000000136. The molecule has 2 spiro atoms. The minimum atomic E-state index is -0.598. The lowest BCUT2D eigenvalue weighted by molar-refractivity contribution is 0.748. The maximum atomic E-state index is 2.54. The van der Waals surface area contributed by atoms with E-state index in [1.807, 2.05) is 0 Å². The summed E-state index contributed by atoms with van der Waals surface area (Å²) in [6, 6.07) is 202. The molecule has 6 heterocycles. The van der Waals surface area contributed by atoms with E-state index in [1.54, 1.807) is 0 Å². The Bertz CT molecular complexity index is 9980. The van der Waals surface area contributed by atoms with Gasteiger partial charge in [-0.05, 0) is 228 Å². The number of benzene rings is 23. The molecule has 146 heavy (non-hydrogen) atoms. The van der Waals surface area contributed by atoms with E-state index < -0.39 is 10.8 Å². The Labute approximate surface area is 845 Å². The average Bonchev–Trinajstić information content (AvgIpc) is 1.50. The van der Waals surface area contributed by atoms with Crippen molar-refractivity contribution in [3.05, 3.63) is 590 Å². The second kappa shape index (κ2) is 32.7. The molecule has 0 amide bonds. The third-order valence-corrected chi connectivity index (χ3v) is 31.9. The zero-order chi connectivity index (χ0) is 95.8. The van der Waals surface area contributed by atoms with Gasteiger partial charge in [-0.2, -0.15) is 0 Å². The summed E-state index contributed by atoms with van der Waals surface area (Å²) in [5.41, 5.74) is 47.1. The molecular weight excluding hydrogens is 1770 g/mol. The number of nitrogens with zero attached hydrogens (tertiary/aromatic N) is 6. The Hall–Kier alpha value is -19.1. The first-order valence-corrected chi connectivity index (χ1v) is 50.6. The molecule has 2 aliphatic heterocycles. The molecule has 0 saturated carbocycles. The number of hydrogen-bond donors (Lipinski definition) is 0. The highest BCUT2D eigenvalue weighted by atomic mass is 15.2. The van der Waals surface area contributed by atoms with Gasteiger partial charge >= 0.3 is 0 Å². The molecule has 0 N–H and O–H groups in total. The van der Waals surface area contributed by atoms with Crippen molar-refractivity contribution in [2.75, 3.05) is 9.80 Å². The molecular formula is C140H90N6. The van der Waals surface area contributed by atoms with E-state index in [0.29, 0.717) is 0 Å². The molecule has 6 nitrogen and oxygen atoms in total. The van der Waals surface area contributed by atoms with Gasteiger partial charge in [-0.3, -0.25) is 0 Å². The molecule has 0 bridgehead atoms. The summed E-state index contributed by atoms with van der Waals surface area (Å²) < 4.78 is 9.84. The van der Waals surface area contributed by atoms with Gasteiger partial charge in [-0.25, -0.2) is 0 Å². The lowest BCUT2D eigenvalue weighted by Crippen LogP contribution is -2.33. The molecule has 6 heteroatoms. The minimum Gasteiger partial charge on any atom is -0.309 e. The standard InChI is InChI=1S/C73H47N3.C67H43N3/c1-3-21-49(22-4-1)53-25-7-8-26-54(53)55-27-10-15-36-65(55)75(52-44-41-48(42-45-52)50-43-46-68-60(47-50)57-29-12-16-37-66(57)74(68)51-23-5-2-6-24-51)70-40-20-34-63-71(70)59-30-9-13-32-61(59)73(63)62-33-14-18-39-69(62)76-67-38-17-11-28-56(67)58-31-19-35-64(73)72(58)76;1-2-20-44(21-3-1)47-22-4-5-23-48(47)49-24-7-13-34-59(49)69(46-42-40-45(41-43-46)68-60-35-14-8-25-50(60)51-26-9-15-36-61(51)68)64-39-19-32-57-65(64)54-28-6-11-30-55(54)67(57)56-31-12-17-38-63(56)70-62-37-16-10-27-52(62)53-29-18-33-58(67)66(53)70/h1-47H;1-43H. The smallest absolute Gasteiger partial charge is 0.0755 e. The first kappa shape index (κ1) is 82.7. The van der Waals surface area contributed by atoms with Gasteiger partial charge in [0.05, 0.1) is 89.1 Å². The third kappa shape index (κ3) is 11.9. The Morgan fingerprint density at radius 3 is 0.884 bits per heavy atom. The first-order chi connectivity index (χ1) is 72.5. The van der Waals surface area contributed by atoms with Crippen LogP contribution in [0.4, 0.5) is 34.1 Å². The van der Waals surface area contributed by atoms with Crippen LogP contribution in [0.1, 0.15) is 44.5 Å². The zero-order valence-electron chi connectivity index (χ0n) is 79.6. The van der Waals surface area contributed by atoms with Crippen LogP contribution in [0.2, 0.25) is 0 Å². The van der Waals surface area contributed by atoms with Crippen LogP contribution in [0, 0.1) is 0 Å². The summed E-state index contributed by atoms with van der Waals surface area (Å²) in [5.74, 6) is 0. The topological polar surface area (TPSA) is 26.2 Å². The van der Waals surface area contributed by atoms with Crippen LogP contribution in [-0.2, 0) is 10.8 Å². The van der Waals surface area contributed by atoms with Crippen LogP contribution in [0.15, 0.2) is 546 Å². The van der Waals surface area contributed by atoms with E-state index in [2.05, 4.69) is 574 Å². The fraction of sp³-hybridized carbons (Fsp3) is 0.0143. The van der Waals surface area contributed by atoms with Gasteiger partial charge in [-0.1, -0.05) is 419 Å². The number of para-hydroxylation sites is 12. The second-order valence-corrected chi connectivity index (χ2v) is 39.0. The summed E-state index contributed by atoms with van der Waals surface area (Å²) in [6.45, 7) is 0. The molecule has 0 radical (unpaired) electrons. The van der Waals surface area contributed by atoms with Crippen molar-refractivity contribution >= 4 is 121 Å². The molecule has 680 valence electrons. The number of aromatic nitrogens is 4. The van der Waals surface area contributed by atoms with Crippen LogP contribution >= 0.6 is 0 Å². The Morgan fingerprint density at radius 2 is 0.438 bits per heavy atom. The highest BCUT2D eigenvalue weighted by Crippen LogP contribution is 2.67. The zero-order valence-corrected chi connectivity index (χ0v) is 79.6. The largest absolute Gasteiger partial charge is 0.309 e. The Kier molecular flexibility index (Phi) is 18.5. The first-order valence-electron chi connectivity index (χ1n) is 50.6. The second-order valence-electron chi connectivity index (χ2n) is 39.0. The lowest BCUT2D eigenvalue weighted by Gasteiger charge is -2.39. The summed E-state index contributed by atoms with van der Waals surface area (Å²) in [4.78, 5) is 5.08. The van der Waals surface area contributed by atoms with E-state index in [9.17, 15) is 0 Å². The minimum absolute atomic E-state index is 0.589. The van der Waals surface area contributed by atoms with Gasteiger partial charge < -0.3 is 28.1 Å². The van der Waals surface area contributed by atoms with Gasteiger partial charge in [0.2, 0.25) is 0 Å². The van der Waals surface area contributed by atoms with Crippen molar-refractivity contribution in [1.29, 1.82) is 0 Å². The number of rotatable bonds is 13. The monoisotopic (exact) mass is 1850 g/mol. The van der Waals surface area contributed by atoms with E-state index in [-0.39, 0.29) is 0 Å². The summed E-state index contributed by atoms with van der Waals surface area (Å²) in [6.07, 6.45) is 0. The summed E-state index contributed by atoms with van der Waals surface area (Å²) >= 11 is 0. The SMILES string of the molecule is c1ccc(-c2ccccc2-c2ccccc2N(c2ccc(-c3ccc4c(c3)c3ccccc3n4-c3ccccc3)cc2)c2cccc3c2-c2ccccc2C32c3ccccc3-n3c4ccccc4c4cccc2c43)cc1.c1ccc(-c2ccccc2-c2ccccc2N(c2ccc(-n3c4ccccc4c4ccccc43)cc2)c2cccc3c2-c2ccccc2C32c3ccccc3-n3c4ccccc4c4cccc2c43)cc1. The van der Waals surface area contributed by atoms with Crippen molar-refractivity contribution in [1.82, 2.24) is 18.3 Å². The predicted molar refractivity (Wildman–Crippen MR) is 609 cm³/mol. The molecule has 23 aromatic carbocycles. The molecule has 0 fully saturated rings. The van der Waals surface area contributed by atoms with Gasteiger partial charge in [0, 0.05) is 88.1 Å². The fourth-order valence-electron chi connectivity index (χ4n) is 26.1. The molecule has 4 aromatic heterocycles. The third-order valence-electron chi connectivity index (χ3n) is 31.9. The quantitative estimate of drug-likeness (QED) is 0.115. The van der Waals surface area contributed by atoms with Crippen molar-refractivity contribution in [2.45, 2.75) is 10.8 Å². The number of hydrogen-bond acceptors (Lipinski definition) is 2. The molecule has 0 saturated heterocycles. The summed E-state index contributed by atoms with van der Waals surface area (Å²) in [7, 11) is 0. The van der Waals surface area contributed by atoms with Crippen LogP contribution in [-0.4, -0.2) is 18.3 Å². The predicted octanol–water partition coefficient (Wildman–Crippen LogP) is 36.4. The molecule has 2 unspecified atom stereocenters. The maximum Gasteiger partial charge on any atom is 0.0755 e. The van der Waals surface area contributed by atoms with E-state index in [0.717, 1.165) is 62.2 Å². The lowest BCUT2D eigenvalue weighted by atomic mass is 9.65. The normalized spacial score (nSPS) is 14.2. The van der Waals surface area contributed by atoms with Gasteiger partial charge in [0.15, 0.2) is 0 Å². The number of fused-ring (bicyclic) bond motifs is 30. The van der Waals surface area contributed by atoms with Crippen molar-refractivity contribution in [2.24, 2.45) is 0 Å². The highest BCUT2D eigenvalue weighted by Gasteiger charge is 2.54. The van der Waals surface area contributed by atoms with Crippen LogP contribution < -0.4 is 9.80 Å². The van der Waals surface area contributed by atoms with Crippen LogP contribution in [0.5, 0.6) is 0 Å². The van der Waals surface area contributed by atoms with Crippen LogP contribution in [0.25, 0.3) is 188 Å². The number of anilines is 6. The van der Waals surface area contributed by atoms with Gasteiger partial charge in [0.1, 0.15) is 0 Å². The van der Waals surface area contributed by atoms with Crippen molar-refractivity contribution in [3.8, 4) is 101 Å². The summed E-state index contributed by atoms with van der Waals surface area (Å²) in [5, 5.41) is 10.1. The maximum absolute atomic E-state index is 2.54. The fourth-order valence-corrected chi connectivity index (χ4v) is 26.1. The van der Waals surface area contributed by atoms with E-state index >= 15 is 0 Å². The molecule has 31 rings (SSSR count).